The van der Waals surface area contributed by atoms with Gasteiger partial charge in [-0.05, 0) is 42.0 Å². The third kappa shape index (κ3) is 4.09. The molecule has 2 N–H and O–H groups in total. The molecule has 0 atom stereocenters. The average Bonchev–Trinajstić information content (AvgIpc) is 2.39. The summed E-state index contributed by atoms with van der Waals surface area (Å²) in [5.74, 6) is 1.92. The Labute approximate surface area is 117 Å². The van der Waals surface area contributed by atoms with Crippen LogP contribution in [0.15, 0.2) is 18.2 Å². The standard InChI is InChI=1S/C14H20FNO2S/c1-18-13-3-2-11(8-12(13)15)9-16-10-14(17)4-6-19-7-5-14/h2-3,8,16-17H,4-7,9-10H2,1H3. The highest BCUT2D eigenvalue weighted by atomic mass is 32.2. The Morgan fingerprint density at radius 1 is 1.42 bits per heavy atom. The van der Waals surface area contributed by atoms with Crippen molar-refractivity contribution in [2.75, 3.05) is 25.2 Å². The van der Waals surface area contributed by atoms with Gasteiger partial charge in [0.25, 0.3) is 0 Å². The molecule has 0 radical (unpaired) electrons. The van der Waals surface area contributed by atoms with Gasteiger partial charge >= 0.3 is 0 Å². The van der Waals surface area contributed by atoms with Gasteiger partial charge in [-0.15, -0.1) is 0 Å². The van der Waals surface area contributed by atoms with Gasteiger partial charge in [0.2, 0.25) is 0 Å². The Morgan fingerprint density at radius 3 is 2.79 bits per heavy atom. The summed E-state index contributed by atoms with van der Waals surface area (Å²) in [7, 11) is 1.45. The number of hydrogen-bond acceptors (Lipinski definition) is 4. The molecule has 2 rings (SSSR count). The summed E-state index contributed by atoms with van der Waals surface area (Å²) in [6.07, 6.45) is 1.64. The molecule has 1 heterocycles. The molecule has 1 aliphatic heterocycles. The van der Waals surface area contributed by atoms with Crippen molar-refractivity contribution in [2.24, 2.45) is 0 Å². The van der Waals surface area contributed by atoms with Gasteiger partial charge in [0.05, 0.1) is 12.7 Å². The Morgan fingerprint density at radius 2 is 2.16 bits per heavy atom. The third-order valence-electron chi connectivity index (χ3n) is 3.42. The number of rotatable bonds is 5. The lowest BCUT2D eigenvalue weighted by Gasteiger charge is -2.32. The molecule has 0 saturated carbocycles. The van der Waals surface area contributed by atoms with Crippen LogP contribution in [-0.4, -0.2) is 35.9 Å². The van der Waals surface area contributed by atoms with E-state index in [1.165, 1.54) is 13.2 Å². The fourth-order valence-electron chi connectivity index (χ4n) is 2.19. The normalized spacial score (nSPS) is 18.3. The van der Waals surface area contributed by atoms with Gasteiger partial charge in [0.15, 0.2) is 11.6 Å². The molecule has 3 nitrogen and oxygen atoms in total. The van der Waals surface area contributed by atoms with E-state index in [0.29, 0.717) is 13.1 Å². The van der Waals surface area contributed by atoms with Crippen molar-refractivity contribution in [3.05, 3.63) is 29.6 Å². The van der Waals surface area contributed by atoms with Gasteiger partial charge in [-0.1, -0.05) is 6.07 Å². The van der Waals surface area contributed by atoms with E-state index >= 15 is 0 Å². The zero-order chi connectivity index (χ0) is 13.7. The van der Waals surface area contributed by atoms with E-state index in [4.69, 9.17) is 4.74 Å². The molecule has 0 bridgehead atoms. The van der Waals surface area contributed by atoms with Crippen LogP contribution in [0.5, 0.6) is 5.75 Å². The van der Waals surface area contributed by atoms with E-state index in [1.807, 2.05) is 17.8 Å². The van der Waals surface area contributed by atoms with Gasteiger partial charge in [-0.2, -0.15) is 11.8 Å². The summed E-state index contributed by atoms with van der Waals surface area (Å²) in [4.78, 5) is 0. The smallest absolute Gasteiger partial charge is 0.165 e. The van der Waals surface area contributed by atoms with Crippen LogP contribution in [-0.2, 0) is 6.54 Å². The van der Waals surface area contributed by atoms with E-state index in [2.05, 4.69) is 5.32 Å². The molecule has 0 spiro atoms. The Kier molecular flexibility index (Phi) is 5.07. The van der Waals surface area contributed by atoms with Gasteiger partial charge < -0.3 is 15.2 Å². The second-order valence-corrected chi connectivity index (χ2v) is 6.13. The van der Waals surface area contributed by atoms with Crippen molar-refractivity contribution >= 4 is 11.8 Å². The zero-order valence-electron chi connectivity index (χ0n) is 11.1. The van der Waals surface area contributed by atoms with Crippen LogP contribution < -0.4 is 10.1 Å². The molecule has 19 heavy (non-hydrogen) atoms. The van der Waals surface area contributed by atoms with Crippen LogP contribution >= 0.6 is 11.8 Å². The van der Waals surface area contributed by atoms with Crippen LogP contribution in [0, 0.1) is 5.82 Å². The quantitative estimate of drug-likeness (QED) is 0.870. The van der Waals surface area contributed by atoms with Crippen LogP contribution in [0.25, 0.3) is 0 Å². The fraction of sp³-hybridized carbons (Fsp3) is 0.571. The highest BCUT2D eigenvalue weighted by Gasteiger charge is 2.28. The molecule has 0 amide bonds. The number of aliphatic hydroxyl groups is 1. The maximum absolute atomic E-state index is 13.5. The third-order valence-corrected chi connectivity index (χ3v) is 4.41. The molecule has 1 aromatic rings. The molecule has 0 aliphatic carbocycles. The molecular weight excluding hydrogens is 265 g/mol. The molecule has 1 fully saturated rings. The minimum absolute atomic E-state index is 0.256. The summed E-state index contributed by atoms with van der Waals surface area (Å²) >= 11 is 1.88. The van der Waals surface area contributed by atoms with Crippen LogP contribution in [0.4, 0.5) is 4.39 Å². The second-order valence-electron chi connectivity index (χ2n) is 4.91. The Balaban J connectivity index is 1.83. The van der Waals surface area contributed by atoms with E-state index in [1.54, 1.807) is 6.07 Å². The van der Waals surface area contributed by atoms with Gasteiger partial charge in [-0.3, -0.25) is 0 Å². The molecule has 106 valence electrons. The number of halogens is 1. The van der Waals surface area contributed by atoms with Crippen LogP contribution in [0.3, 0.4) is 0 Å². The van der Waals surface area contributed by atoms with Crippen molar-refractivity contribution < 1.29 is 14.2 Å². The first-order valence-electron chi connectivity index (χ1n) is 6.46. The van der Waals surface area contributed by atoms with Crippen molar-refractivity contribution in [1.82, 2.24) is 5.32 Å². The topological polar surface area (TPSA) is 41.5 Å². The number of methoxy groups -OCH3 is 1. The largest absolute Gasteiger partial charge is 0.494 e. The molecule has 0 unspecified atom stereocenters. The average molecular weight is 285 g/mol. The van der Waals surface area contributed by atoms with Crippen LogP contribution in [0.2, 0.25) is 0 Å². The van der Waals surface area contributed by atoms with Gasteiger partial charge in [0, 0.05) is 13.1 Å². The second kappa shape index (κ2) is 6.59. The SMILES string of the molecule is COc1ccc(CNCC2(O)CCSCC2)cc1F. The fourth-order valence-corrected chi connectivity index (χ4v) is 3.44. The lowest BCUT2D eigenvalue weighted by Crippen LogP contribution is -2.43. The number of ether oxygens (including phenoxy) is 1. The summed E-state index contributed by atoms with van der Waals surface area (Å²) in [5, 5.41) is 13.5. The van der Waals surface area contributed by atoms with E-state index in [9.17, 15) is 9.50 Å². The molecular formula is C14H20FNO2S. The Hall–Kier alpha value is -0.780. The first-order valence-corrected chi connectivity index (χ1v) is 7.62. The maximum Gasteiger partial charge on any atom is 0.165 e. The van der Waals surface area contributed by atoms with Crippen LogP contribution in [0.1, 0.15) is 18.4 Å². The molecule has 1 aliphatic rings. The molecule has 0 aromatic heterocycles. The van der Waals surface area contributed by atoms with Crippen molar-refractivity contribution in [3.63, 3.8) is 0 Å². The minimum atomic E-state index is -0.601. The van der Waals surface area contributed by atoms with Gasteiger partial charge in [0.1, 0.15) is 0 Å². The lowest BCUT2D eigenvalue weighted by molar-refractivity contribution is 0.0320. The minimum Gasteiger partial charge on any atom is -0.494 e. The highest BCUT2D eigenvalue weighted by molar-refractivity contribution is 7.99. The lowest BCUT2D eigenvalue weighted by atomic mass is 9.97. The van der Waals surface area contributed by atoms with Crippen molar-refractivity contribution in [2.45, 2.75) is 25.0 Å². The summed E-state index contributed by atoms with van der Waals surface area (Å²) in [5.41, 5.74) is 0.253. The van der Waals surface area contributed by atoms with Gasteiger partial charge in [-0.25, -0.2) is 4.39 Å². The van der Waals surface area contributed by atoms with Crippen molar-refractivity contribution in [1.29, 1.82) is 0 Å². The zero-order valence-corrected chi connectivity index (χ0v) is 11.9. The maximum atomic E-state index is 13.5. The summed E-state index contributed by atoms with van der Waals surface area (Å²) < 4.78 is 18.4. The number of hydrogen-bond donors (Lipinski definition) is 2. The van der Waals surface area contributed by atoms with E-state index < -0.39 is 5.60 Å². The number of benzene rings is 1. The summed E-state index contributed by atoms with van der Waals surface area (Å²) in [6.45, 7) is 1.11. The predicted molar refractivity (Wildman–Crippen MR) is 76.2 cm³/mol. The summed E-state index contributed by atoms with van der Waals surface area (Å²) in [6, 6.07) is 4.92. The molecule has 1 aromatic carbocycles. The molecule has 1 saturated heterocycles. The van der Waals surface area contributed by atoms with E-state index in [0.717, 1.165) is 29.9 Å². The van der Waals surface area contributed by atoms with E-state index in [-0.39, 0.29) is 11.6 Å². The highest BCUT2D eigenvalue weighted by Crippen LogP contribution is 2.26. The molecule has 5 heteroatoms. The first-order chi connectivity index (χ1) is 9.13. The number of nitrogens with one attached hydrogen (secondary N) is 1. The Bertz CT molecular complexity index is 422. The first kappa shape index (κ1) is 14.6. The van der Waals surface area contributed by atoms with Crippen molar-refractivity contribution in [3.8, 4) is 5.75 Å². The predicted octanol–water partition coefficient (Wildman–Crippen LogP) is 2.18. The number of thioether (sulfide) groups is 1. The monoisotopic (exact) mass is 285 g/mol.